The molecule has 0 radical (unpaired) electrons. The molecular weight excluding hydrogens is 314 g/mol. The average molecular weight is 338 g/mol. The molecule has 0 spiro atoms. The second-order valence-corrected chi connectivity index (χ2v) is 6.93. The van der Waals surface area contributed by atoms with Gasteiger partial charge in [-0.15, -0.1) is 0 Å². The molecule has 2 saturated heterocycles. The molecule has 1 amide bonds. The first-order valence-corrected chi connectivity index (χ1v) is 8.57. The Morgan fingerprint density at radius 1 is 1.17 bits per heavy atom. The molecule has 0 saturated carbocycles. The van der Waals surface area contributed by atoms with Crippen molar-refractivity contribution in [3.63, 3.8) is 0 Å². The monoisotopic (exact) mass is 338 g/mol. The second kappa shape index (κ2) is 7.15. The number of benzene rings is 1. The van der Waals surface area contributed by atoms with Gasteiger partial charge in [-0.1, -0.05) is 0 Å². The third kappa shape index (κ3) is 3.92. The largest absolute Gasteiger partial charge is 0.373 e. The van der Waals surface area contributed by atoms with Crippen LogP contribution in [0.3, 0.4) is 0 Å². The summed E-state index contributed by atoms with van der Waals surface area (Å²) in [6, 6.07) is 3.09. The van der Waals surface area contributed by atoms with Crippen molar-refractivity contribution in [2.45, 2.75) is 44.9 Å². The Balaban J connectivity index is 1.69. The number of morpholine rings is 1. The first-order chi connectivity index (χ1) is 11.4. The fourth-order valence-corrected chi connectivity index (χ4v) is 3.87. The summed E-state index contributed by atoms with van der Waals surface area (Å²) in [6.45, 7) is 7.21. The minimum absolute atomic E-state index is 0.0846. The zero-order valence-electron chi connectivity index (χ0n) is 14.2. The van der Waals surface area contributed by atoms with E-state index < -0.39 is 11.6 Å². The topological polar surface area (TPSA) is 32.8 Å². The SMILES string of the molecule is C[C@@H]1CN(C[C@H]2CCCN2C(=O)c2cc(F)cc(F)c2)C[C@H](C)O1. The highest BCUT2D eigenvalue weighted by molar-refractivity contribution is 5.94. The van der Waals surface area contributed by atoms with E-state index in [1.807, 2.05) is 0 Å². The molecule has 0 N–H and O–H groups in total. The lowest BCUT2D eigenvalue weighted by atomic mass is 10.1. The standard InChI is InChI=1S/C18H24F2N2O2/c1-12-9-21(10-13(2)24-12)11-17-4-3-5-22(17)18(23)14-6-15(19)8-16(20)7-14/h6-8,12-13,17H,3-5,9-11H2,1-2H3/t12-,13+,17-/m1/s1. The van der Waals surface area contributed by atoms with E-state index in [4.69, 9.17) is 4.74 Å². The molecule has 0 bridgehead atoms. The molecular formula is C18H24F2N2O2. The number of carbonyl (C=O) groups excluding carboxylic acids is 1. The van der Waals surface area contributed by atoms with Crippen LogP contribution in [0.25, 0.3) is 0 Å². The maximum Gasteiger partial charge on any atom is 0.254 e. The van der Waals surface area contributed by atoms with Gasteiger partial charge in [0.2, 0.25) is 0 Å². The molecule has 24 heavy (non-hydrogen) atoms. The second-order valence-electron chi connectivity index (χ2n) is 6.93. The number of rotatable bonds is 3. The van der Waals surface area contributed by atoms with Gasteiger partial charge in [-0.2, -0.15) is 0 Å². The maximum absolute atomic E-state index is 13.4. The summed E-state index contributed by atoms with van der Waals surface area (Å²) in [6.07, 6.45) is 2.20. The Hall–Kier alpha value is -1.53. The average Bonchev–Trinajstić information content (AvgIpc) is 2.92. The van der Waals surface area contributed by atoms with Gasteiger partial charge in [-0.05, 0) is 38.8 Å². The Morgan fingerprint density at radius 2 is 1.79 bits per heavy atom. The van der Waals surface area contributed by atoms with Crippen LogP contribution in [0.5, 0.6) is 0 Å². The molecule has 2 heterocycles. The van der Waals surface area contributed by atoms with Crippen LogP contribution in [0.4, 0.5) is 8.78 Å². The molecule has 0 aliphatic carbocycles. The summed E-state index contributed by atoms with van der Waals surface area (Å²) in [7, 11) is 0. The van der Waals surface area contributed by atoms with Crippen LogP contribution in [-0.4, -0.2) is 60.1 Å². The van der Waals surface area contributed by atoms with Crippen LogP contribution in [0, 0.1) is 11.6 Å². The normalized spacial score (nSPS) is 28.3. The number of hydrogen-bond donors (Lipinski definition) is 0. The Kier molecular flexibility index (Phi) is 5.15. The quantitative estimate of drug-likeness (QED) is 0.849. The fourth-order valence-electron chi connectivity index (χ4n) is 3.87. The highest BCUT2D eigenvalue weighted by Crippen LogP contribution is 2.23. The third-order valence-corrected chi connectivity index (χ3v) is 4.71. The fraction of sp³-hybridized carbons (Fsp3) is 0.611. The van der Waals surface area contributed by atoms with Gasteiger partial charge < -0.3 is 9.64 Å². The number of halogens is 2. The Morgan fingerprint density at radius 3 is 2.42 bits per heavy atom. The minimum atomic E-state index is -0.718. The molecule has 132 valence electrons. The van der Waals surface area contributed by atoms with Crippen molar-refractivity contribution >= 4 is 5.91 Å². The number of hydrogen-bond acceptors (Lipinski definition) is 3. The van der Waals surface area contributed by atoms with Crippen molar-refractivity contribution in [3.8, 4) is 0 Å². The van der Waals surface area contributed by atoms with E-state index in [9.17, 15) is 13.6 Å². The van der Waals surface area contributed by atoms with Crippen molar-refractivity contribution in [2.24, 2.45) is 0 Å². The highest BCUT2D eigenvalue weighted by atomic mass is 19.1. The predicted octanol–water partition coefficient (Wildman–Crippen LogP) is 2.68. The first-order valence-electron chi connectivity index (χ1n) is 8.57. The number of amides is 1. The van der Waals surface area contributed by atoms with Gasteiger partial charge in [0.05, 0.1) is 12.2 Å². The summed E-state index contributed by atoms with van der Waals surface area (Å²) >= 11 is 0. The highest BCUT2D eigenvalue weighted by Gasteiger charge is 2.33. The van der Waals surface area contributed by atoms with Crippen LogP contribution in [0.2, 0.25) is 0 Å². The summed E-state index contributed by atoms with van der Waals surface area (Å²) in [5, 5.41) is 0. The maximum atomic E-state index is 13.4. The number of nitrogens with zero attached hydrogens (tertiary/aromatic N) is 2. The number of carbonyl (C=O) groups is 1. The molecule has 2 aliphatic rings. The van der Waals surface area contributed by atoms with Gasteiger partial charge in [0.25, 0.3) is 5.91 Å². The van der Waals surface area contributed by atoms with Gasteiger partial charge >= 0.3 is 0 Å². The minimum Gasteiger partial charge on any atom is -0.373 e. The summed E-state index contributed by atoms with van der Waals surface area (Å²) in [5.74, 6) is -1.72. The van der Waals surface area contributed by atoms with Crippen molar-refractivity contribution in [1.29, 1.82) is 0 Å². The number of ether oxygens (including phenoxy) is 1. The van der Waals surface area contributed by atoms with E-state index in [0.717, 1.165) is 50.7 Å². The lowest BCUT2D eigenvalue weighted by Crippen LogP contribution is -2.50. The molecule has 2 aliphatic heterocycles. The molecule has 1 aromatic rings. The van der Waals surface area contributed by atoms with Gasteiger partial charge in [-0.25, -0.2) is 8.78 Å². The van der Waals surface area contributed by atoms with Crippen molar-refractivity contribution < 1.29 is 18.3 Å². The van der Waals surface area contributed by atoms with Crippen LogP contribution < -0.4 is 0 Å². The first kappa shape index (κ1) is 17.3. The zero-order chi connectivity index (χ0) is 17.3. The molecule has 4 nitrogen and oxygen atoms in total. The van der Waals surface area contributed by atoms with E-state index in [-0.39, 0.29) is 29.7 Å². The van der Waals surface area contributed by atoms with Crippen molar-refractivity contribution in [1.82, 2.24) is 9.80 Å². The van der Waals surface area contributed by atoms with Crippen LogP contribution >= 0.6 is 0 Å². The van der Waals surface area contributed by atoms with E-state index in [1.54, 1.807) is 4.90 Å². The van der Waals surface area contributed by atoms with Crippen molar-refractivity contribution in [3.05, 3.63) is 35.4 Å². The van der Waals surface area contributed by atoms with Crippen LogP contribution in [0.15, 0.2) is 18.2 Å². The van der Waals surface area contributed by atoms with E-state index in [0.29, 0.717) is 6.54 Å². The lowest BCUT2D eigenvalue weighted by molar-refractivity contribution is -0.0715. The molecule has 3 atom stereocenters. The van der Waals surface area contributed by atoms with E-state index >= 15 is 0 Å². The van der Waals surface area contributed by atoms with Gasteiger partial charge in [0.15, 0.2) is 0 Å². The van der Waals surface area contributed by atoms with Gasteiger partial charge in [-0.3, -0.25) is 9.69 Å². The van der Waals surface area contributed by atoms with Crippen molar-refractivity contribution in [2.75, 3.05) is 26.2 Å². The molecule has 0 aromatic heterocycles. The lowest BCUT2D eigenvalue weighted by Gasteiger charge is -2.38. The molecule has 2 fully saturated rings. The van der Waals surface area contributed by atoms with Gasteiger partial charge in [0, 0.05) is 43.9 Å². The third-order valence-electron chi connectivity index (χ3n) is 4.71. The summed E-state index contributed by atoms with van der Waals surface area (Å²) in [5.41, 5.74) is 0.0862. The molecule has 3 rings (SSSR count). The Labute approximate surface area is 141 Å². The van der Waals surface area contributed by atoms with E-state index in [2.05, 4.69) is 18.7 Å². The summed E-state index contributed by atoms with van der Waals surface area (Å²) < 4.78 is 32.5. The smallest absolute Gasteiger partial charge is 0.254 e. The van der Waals surface area contributed by atoms with E-state index in [1.165, 1.54) is 0 Å². The molecule has 1 aromatic carbocycles. The van der Waals surface area contributed by atoms with Crippen LogP contribution in [0.1, 0.15) is 37.0 Å². The zero-order valence-corrected chi connectivity index (χ0v) is 14.2. The molecule has 0 unspecified atom stereocenters. The molecule has 6 heteroatoms. The predicted molar refractivity (Wildman–Crippen MR) is 86.9 cm³/mol. The van der Waals surface area contributed by atoms with Gasteiger partial charge in [0.1, 0.15) is 11.6 Å². The van der Waals surface area contributed by atoms with Crippen LogP contribution in [-0.2, 0) is 4.74 Å². The summed E-state index contributed by atoms with van der Waals surface area (Å²) in [4.78, 5) is 16.8. The number of likely N-dealkylation sites (tertiary alicyclic amines) is 1. The Bertz CT molecular complexity index is 580.